The van der Waals surface area contributed by atoms with Crippen LogP contribution in [0.3, 0.4) is 0 Å². The molecule has 0 saturated heterocycles. The molecule has 4 heteroatoms. The molecule has 112 valence electrons. The van der Waals surface area contributed by atoms with Gasteiger partial charge in [0.25, 0.3) is 0 Å². The normalized spacial score (nSPS) is 11.8. The first kappa shape index (κ1) is 15.2. The fourth-order valence-corrected chi connectivity index (χ4v) is 2.34. The zero-order valence-electron chi connectivity index (χ0n) is 12.6. The monoisotopic (exact) mass is 287 g/mol. The summed E-state index contributed by atoms with van der Waals surface area (Å²) in [6, 6.07) is 13.4. The number of rotatable bonds is 6. The summed E-state index contributed by atoms with van der Waals surface area (Å²) in [5, 5.41) is 0. The van der Waals surface area contributed by atoms with Crippen molar-refractivity contribution in [3.63, 3.8) is 0 Å². The number of methoxy groups -OCH3 is 3. The molecule has 2 rings (SSSR count). The molecular formula is C17H21NO3. The molecule has 2 N–H and O–H groups in total. The summed E-state index contributed by atoms with van der Waals surface area (Å²) in [5.41, 5.74) is 8.36. The zero-order chi connectivity index (χ0) is 15.2. The second-order valence-electron chi connectivity index (χ2n) is 4.73. The van der Waals surface area contributed by atoms with E-state index in [-0.39, 0.29) is 6.04 Å². The number of hydrogen-bond donors (Lipinski definition) is 1. The molecule has 0 amide bonds. The fraction of sp³-hybridized carbons (Fsp3) is 0.294. The minimum atomic E-state index is -0.179. The van der Waals surface area contributed by atoms with Crippen LogP contribution in [-0.4, -0.2) is 21.3 Å². The van der Waals surface area contributed by atoms with E-state index < -0.39 is 0 Å². The van der Waals surface area contributed by atoms with Gasteiger partial charge in [0.15, 0.2) is 0 Å². The van der Waals surface area contributed by atoms with Crippen LogP contribution in [0.2, 0.25) is 0 Å². The molecule has 21 heavy (non-hydrogen) atoms. The third-order valence-corrected chi connectivity index (χ3v) is 3.47. The van der Waals surface area contributed by atoms with Gasteiger partial charge in [0.2, 0.25) is 0 Å². The highest BCUT2D eigenvalue weighted by Gasteiger charge is 2.15. The lowest BCUT2D eigenvalue weighted by Gasteiger charge is -2.18. The molecule has 0 aromatic heterocycles. The Labute approximate surface area is 125 Å². The largest absolute Gasteiger partial charge is 0.497 e. The van der Waals surface area contributed by atoms with Gasteiger partial charge in [-0.05, 0) is 24.1 Å². The summed E-state index contributed by atoms with van der Waals surface area (Å²) in [6.07, 6.45) is 0.673. The summed E-state index contributed by atoms with van der Waals surface area (Å²) in [7, 11) is 4.93. The SMILES string of the molecule is COc1ccc(C(N)Cc2ccccc2OC)c(OC)c1. The van der Waals surface area contributed by atoms with Gasteiger partial charge in [0.05, 0.1) is 21.3 Å². The summed E-state index contributed by atoms with van der Waals surface area (Å²) >= 11 is 0. The minimum Gasteiger partial charge on any atom is -0.497 e. The average molecular weight is 287 g/mol. The summed E-state index contributed by atoms with van der Waals surface area (Å²) in [4.78, 5) is 0. The second-order valence-corrected chi connectivity index (χ2v) is 4.73. The highest BCUT2D eigenvalue weighted by atomic mass is 16.5. The molecule has 2 aromatic rings. The van der Waals surface area contributed by atoms with Crippen molar-refractivity contribution in [1.29, 1.82) is 0 Å². The van der Waals surface area contributed by atoms with Gasteiger partial charge in [-0.1, -0.05) is 24.3 Å². The van der Waals surface area contributed by atoms with Crippen LogP contribution in [0.4, 0.5) is 0 Å². The molecule has 0 aliphatic rings. The lowest BCUT2D eigenvalue weighted by atomic mass is 9.98. The maximum atomic E-state index is 6.34. The zero-order valence-corrected chi connectivity index (χ0v) is 12.6. The van der Waals surface area contributed by atoms with Gasteiger partial charge in [0, 0.05) is 17.7 Å². The first-order valence-corrected chi connectivity index (χ1v) is 6.79. The van der Waals surface area contributed by atoms with Crippen LogP contribution in [0.25, 0.3) is 0 Å². The van der Waals surface area contributed by atoms with Gasteiger partial charge < -0.3 is 19.9 Å². The van der Waals surface area contributed by atoms with E-state index in [4.69, 9.17) is 19.9 Å². The maximum Gasteiger partial charge on any atom is 0.127 e. The van der Waals surface area contributed by atoms with Crippen LogP contribution in [-0.2, 0) is 6.42 Å². The van der Waals surface area contributed by atoms with Crippen molar-refractivity contribution in [3.05, 3.63) is 53.6 Å². The van der Waals surface area contributed by atoms with E-state index in [2.05, 4.69) is 0 Å². The Morgan fingerprint density at radius 3 is 2.29 bits per heavy atom. The van der Waals surface area contributed by atoms with Gasteiger partial charge in [0.1, 0.15) is 17.2 Å². The molecule has 0 saturated carbocycles. The van der Waals surface area contributed by atoms with E-state index >= 15 is 0 Å². The molecule has 1 unspecified atom stereocenters. The maximum absolute atomic E-state index is 6.34. The Hall–Kier alpha value is -2.20. The van der Waals surface area contributed by atoms with Crippen LogP contribution in [0, 0.1) is 0 Å². The molecule has 0 bridgehead atoms. The van der Waals surface area contributed by atoms with Crippen LogP contribution in [0.5, 0.6) is 17.2 Å². The van der Waals surface area contributed by atoms with Crippen LogP contribution < -0.4 is 19.9 Å². The van der Waals surface area contributed by atoms with E-state index in [0.717, 1.165) is 28.4 Å². The Bertz CT molecular complexity index is 598. The Kier molecular flexibility index (Phi) is 5.06. The number of ether oxygens (including phenoxy) is 3. The minimum absolute atomic E-state index is 0.179. The lowest BCUT2D eigenvalue weighted by Crippen LogP contribution is -2.15. The average Bonchev–Trinajstić information content (AvgIpc) is 2.54. The predicted octanol–water partition coefficient (Wildman–Crippen LogP) is 2.95. The molecule has 0 aliphatic heterocycles. The van der Waals surface area contributed by atoms with Gasteiger partial charge >= 0.3 is 0 Å². The van der Waals surface area contributed by atoms with Crippen molar-refractivity contribution in [2.45, 2.75) is 12.5 Å². The van der Waals surface area contributed by atoms with Gasteiger partial charge in [-0.3, -0.25) is 0 Å². The number of para-hydroxylation sites is 1. The summed E-state index contributed by atoms with van der Waals surface area (Å²) in [5.74, 6) is 2.33. The smallest absolute Gasteiger partial charge is 0.127 e. The van der Waals surface area contributed by atoms with Crippen molar-refractivity contribution in [2.24, 2.45) is 5.73 Å². The number of benzene rings is 2. The number of nitrogens with two attached hydrogens (primary N) is 1. The molecule has 0 spiro atoms. The quantitative estimate of drug-likeness (QED) is 0.887. The van der Waals surface area contributed by atoms with Crippen molar-refractivity contribution in [1.82, 2.24) is 0 Å². The van der Waals surface area contributed by atoms with Crippen molar-refractivity contribution >= 4 is 0 Å². The third-order valence-electron chi connectivity index (χ3n) is 3.47. The molecule has 1 atom stereocenters. The molecule has 2 aromatic carbocycles. The Morgan fingerprint density at radius 2 is 1.62 bits per heavy atom. The van der Waals surface area contributed by atoms with Gasteiger partial charge in [-0.15, -0.1) is 0 Å². The molecular weight excluding hydrogens is 266 g/mol. The van der Waals surface area contributed by atoms with E-state index in [1.165, 1.54) is 0 Å². The first-order chi connectivity index (χ1) is 10.2. The van der Waals surface area contributed by atoms with E-state index in [1.807, 2.05) is 42.5 Å². The third kappa shape index (κ3) is 3.47. The first-order valence-electron chi connectivity index (χ1n) is 6.79. The fourth-order valence-electron chi connectivity index (χ4n) is 2.34. The molecule has 0 fully saturated rings. The standard InChI is InChI=1S/C17H21NO3/c1-19-13-8-9-14(17(11-13)21-3)15(18)10-12-6-4-5-7-16(12)20-2/h4-9,11,15H,10,18H2,1-3H3. The Balaban J connectivity index is 2.25. The van der Waals surface area contributed by atoms with E-state index in [9.17, 15) is 0 Å². The van der Waals surface area contributed by atoms with Crippen LogP contribution in [0.1, 0.15) is 17.2 Å². The number of hydrogen-bond acceptors (Lipinski definition) is 4. The highest BCUT2D eigenvalue weighted by molar-refractivity contribution is 5.44. The van der Waals surface area contributed by atoms with Crippen molar-refractivity contribution < 1.29 is 14.2 Å². The second kappa shape index (κ2) is 6.99. The van der Waals surface area contributed by atoms with Crippen molar-refractivity contribution in [3.8, 4) is 17.2 Å². The topological polar surface area (TPSA) is 53.7 Å². The molecule has 0 heterocycles. The Morgan fingerprint density at radius 1 is 0.905 bits per heavy atom. The summed E-state index contributed by atoms with van der Waals surface area (Å²) in [6.45, 7) is 0. The summed E-state index contributed by atoms with van der Waals surface area (Å²) < 4.78 is 16.0. The predicted molar refractivity (Wildman–Crippen MR) is 83.2 cm³/mol. The van der Waals surface area contributed by atoms with E-state index in [0.29, 0.717) is 6.42 Å². The molecule has 0 aliphatic carbocycles. The molecule has 0 radical (unpaired) electrons. The van der Waals surface area contributed by atoms with E-state index in [1.54, 1.807) is 21.3 Å². The van der Waals surface area contributed by atoms with Gasteiger partial charge in [-0.25, -0.2) is 0 Å². The van der Waals surface area contributed by atoms with Crippen LogP contribution in [0.15, 0.2) is 42.5 Å². The molecule has 4 nitrogen and oxygen atoms in total. The van der Waals surface area contributed by atoms with Gasteiger partial charge in [-0.2, -0.15) is 0 Å². The lowest BCUT2D eigenvalue weighted by molar-refractivity contribution is 0.387. The van der Waals surface area contributed by atoms with Crippen molar-refractivity contribution in [2.75, 3.05) is 21.3 Å². The van der Waals surface area contributed by atoms with Crippen LogP contribution >= 0.6 is 0 Å². The highest BCUT2D eigenvalue weighted by Crippen LogP contribution is 2.31.